The first-order valence-electron chi connectivity index (χ1n) is 9.82. The summed E-state index contributed by atoms with van der Waals surface area (Å²) in [6.45, 7) is 1.98. The average Bonchev–Trinajstić information content (AvgIpc) is 3.32. The monoisotopic (exact) mass is 513 g/mol. The van der Waals surface area contributed by atoms with Gasteiger partial charge in [0.1, 0.15) is 17.9 Å². The van der Waals surface area contributed by atoms with Crippen LogP contribution >= 0.6 is 23.1 Å². The van der Waals surface area contributed by atoms with Crippen LogP contribution in [0.5, 0.6) is 5.75 Å². The molecule has 1 amide bonds. The van der Waals surface area contributed by atoms with E-state index < -0.39 is 15.8 Å². The van der Waals surface area contributed by atoms with Crippen LogP contribution in [0.1, 0.15) is 1.43 Å². The number of sulfonamides is 1. The Bertz CT molecular complexity index is 1220. The number of aromatic nitrogens is 2. The Morgan fingerprint density at radius 1 is 1.18 bits per heavy atom. The third kappa shape index (κ3) is 5.70. The molecule has 1 aliphatic rings. The number of carbonyl (C=O) groups is 1. The highest BCUT2D eigenvalue weighted by Gasteiger charge is 2.22. The van der Waals surface area contributed by atoms with Gasteiger partial charge in [0.2, 0.25) is 5.13 Å². The summed E-state index contributed by atoms with van der Waals surface area (Å²) in [4.78, 5) is 20.1. The van der Waals surface area contributed by atoms with Crippen molar-refractivity contribution in [2.24, 2.45) is 0 Å². The molecule has 0 atom stereocenters. The van der Waals surface area contributed by atoms with Crippen LogP contribution in [0.2, 0.25) is 5.02 Å². The van der Waals surface area contributed by atoms with Crippen LogP contribution in [0.3, 0.4) is 0 Å². The van der Waals surface area contributed by atoms with Gasteiger partial charge in [-0.2, -0.15) is 4.37 Å². The van der Waals surface area contributed by atoms with Crippen LogP contribution in [-0.2, 0) is 14.8 Å². The predicted molar refractivity (Wildman–Crippen MR) is 125 cm³/mol. The summed E-state index contributed by atoms with van der Waals surface area (Å²) in [5.41, 5.74) is 0.856. The van der Waals surface area contributed by atoms with E-state index in [0.29, 0.717) is 31.9 Å². The molecule has 33 heavy (non-hydrogen) atoms. The summed E-state index contributed by atoms with van der Waals surface area (Å²) < 4.78 is 49.7. The molecule has 1 saturated heterocycles. The Hall–Kier alpha value is -2.96. The molecule has 3 aromatic rings. The minimum absolute atomic E-state index is 0. The summed E-state index contributed by atoms with van der Waals surface area (Å²) >= 11 is 6.68. The minimum atomic E-state index is -3.74. The van der Waals surface area contributed by atoms with Gasteiger partial charge in [0.05, 0.1) is 9.92 Å². The normalized spacial score (nSPS) is 14.2. The van der Waals surface area contributed by atoms with Gasteiger partial charge >= 0.3 is 0 Å². The Balaban J connectivity index is 0.00000324. The molecular weight excluding hydrogens is 493 g/mol. The van der Waals surface area contributed by atoms with Crippen LogP contribution in [0.4, 0.5) is 15.2 Å². The Kier molecular flexibility index (Phi) is 6.96. The fourth-order valence-corrected chi connectivity index (χ4v) is 5.08. The van der Waals surface area contributed by atoms with Gasteiger partial charge in [-0.1, -0.05) is 11.6 Å². The molecule has 0 saturated carbocycles. The Labute approximate surface area is 200 Å². The topological polar surface area (TPSA) is 105 Å². The Morgan fingerprint density at radius 2 is 1.91 bits per heavy atom. The van der Waals surface area contributed by atoms with E-state index in [4.69, 9.17) is 16.3 Å². The molecule has 0 unspecified atom stereocenters. The molecule has 0 aliphatic carbocycles. The maximum atomic E-state index is 13.2. The zero-order valence-corrected chi connectivity index (χ0v) is 19.5. The van der Waals surface area contributed by atoms with Crippen molar-refractivity contribution in [2.45, 2.75) is 4.90 Å². The summed E-state index contributed by atoms with van der Waals surface area (Å²) in [5, 5.41) is 0.134. The van der Waals surface area contributed by atoms with E-state index in [-0.39, 0.29) is 29.0 Å². The third-order valence-electron chi connectivity index (χ3n) is 4.98. The van der Waals surface area contributed by atoms with Crippen molar-refractivity contribution in [1.82, 2.24) is 14.3 Å². The number of nitrogens with one attached hydrogen (secondary N) is 1. The van der Waals surface area contributed by atoms with Gasteiger partial charge in [0.25, 0.3) is 15.9 Å². The second-order valence-corrected chi connectivity index (χ2v) is 9.95. The lowest BCUT2D eigenvalue weighted by molar-refractivity contribution is -0.133. The third-order valence-corrected chi connectivity index (χ3v) is 7.33. The first-order chi connectivity index (χ1) is 15.8. The SMILES string of the molecule is O=C(COc1ccc(F)c(Cl)c1)N1CCN(c2ccc(S(=O)(=O)Nc3ncns3)cc2)CC1.[HH]. The van der Waals surface area contributed by atoms with Gasteiger partial charge in [-0.25, -0.2) is 17.8 Å². The molecule has 13 heteroatoms. The number of amides is 1. The summed E-state index contributed by atoms with van der Waals surface area (Å²) in [5.74, 6) is -0.409. The number of ether oxygens (including phenoxy) is 1. The van der Waals surface area contributed by atoms with E-state index >= 15 is 0 Å². The molecule has 9 nitrogen and oxygen atoms in total. The molecule has 0 radical (unpaired) electrons. The average molecular weight is 514 g/mol. The molecule has 1 N–H and O–H groups in total. The number of hydrogen-bond acceptors (Lipinski definition) is 8. The van der Waals surface area contributed by atoms with E-state index in [2.05, 4.69) is 19.0 Å². The molecule has 0 spiro atoms. The van der Waals surface area contributed by atoms with E-state index in [9.17, 15) is 17.6 Å². The van der Waals surface area contributed by atoms with Gasteiger partial charge in [-0.3, -0.25) is 9.52 Å². The van der Waals surface area contributed by atoms with E-state index in [1.165, 1.54) is 36.7 Å². The lowest BCUT2D eigenvalue weighted by Gasteiger charge is -2.36. The smallest absolute Gasteiger partial charge is 0.263 e. The summed E-state index contributed by atoms with van der Waals surface area (Å²) in [7, 11) is -3.74. The fraction of sp³-hybridized carbons (Fsp3) is 0.250. The van der Waals surface area contributed by atoms with Gasteiger partial charge in [0.15, 0.2) is 6.61 Å². The number of nitrogens with zero attached hydrogens (tertiary/aromatic N) is 4. The van der Waals surface area contributed by atoms with Crippen molar-refractivity contribution in [3.8, 4) is 5.75 Å². The van der Waals surface area contributed by atoms with Crippen molar-refractivity contribution in [2.75, 3.05) is 42.4 Å². The highest BCUT2D eigenvalue weighted by atomic mass is 35.5. The quantitative estimate of drug-likeness (QED) is 0.517. The molecule has 1 aromatic heterocycles. The second kappa shape index (κ2) is 9.89. The summed E-state index contributed by atoms with van der Waals surface area (Å²) in [6, 6.07) is 10.4. The lowest BCUT2D eigenvalue weighted by Crippen LogP contribution is -2.50. The minimum Gasteiger partial charge on any atom is -0.484 e. The lowest BCUT2D eigenvalue weighted by atomic mass is 10.2. The van der Waals surface area contributed by atoms with Gasteiger partial charge in [0, 0.05) is 50.9 Å². The van der Waals surface area contributed by atoms with Gasteiger partial charge in [-0.05, 0) is 36.4 Å². The molecule has 2 aromatic carbocycles. The van der Waals surface area contributed by atoms with Crippen molar-refractivity contribution in [1.29, 1.82) is 0 Å². The van der Waals surface area contributed by atoms with Crippen LogP contribution < -0.4 is 14.4 Å². The molecule has 1 fully saturated rings. The highest BCUT2D eigenvalue weighted by molar-refractivity contribution is 7.93. The highest BCUT2D eigenvalue weighted by Crippen LogP contribution is 2.23. The summed E-state index contributed by atoms with van der Waals surface area (Å²) in [6.07, 6.45) is 1.28. The first-order valence-corrected chi connectivity index (χ1v) is 12.5. The predicted octanol–water partition coefficient (Wildman–Crippen LogP) is 3.11. The second-order valence-electron chi connectivity index (χ2n) is 7.08. The molecule has 2 heterocycles. The van der Waals surface area contributed by atoms with Gasteiger partial charge < -0.3 is 14.5 Å². The molecule has 176 valence electrons. The zero-order chi connectivity index (χ0) is 23.4. The zero-order valence-electron chi connectivity index (χ0n) is 17.1. The van der Waals surface area contributed by atoms with Crippen LogP contribution in [-0.4, -0.2) is 61.4 Å². The van der Waals surface area contributed by atoms with Gasteiger partial charge in [-0.15, -0.1) is 0 Å². The molecule has 4 rings (SSSR count). The van der Waals surface area contributed by atoms with Crippen LogP contribution in [0, 0.1) is 5.82 Å². The van der Waals surface area contributed by atoms with Crippen molar-refractivity contribution >= 4 is 49.9 Å². The first kappa shape index (κ1) is 23.2. The number of anilines is 2. The largest absolute Gasteiger partial charge is 0.484 e. The number of halogens is 2. The molecule has 0 bridgehead atoms. The molecule has 1 aliphatic heterocycles. The standard InChI is InChI=1S/C20H19ClFN5O4S2.H2/c21-17-11-15(3-6-18(17)22)31-12-19(28)27-9-7-26(8-10-27)14-1-4-16(5-2-14)33(29,30)25-20-23-13-24-32-20;/h1-6,11,13H,7-10,12H2,(H,23,24,25);1H. The van der Waals surface area contributed by atoms with Crippen LogP contribution in [0.25, 0.3) is 0 Å². The van der Waals surface area contributed by atoms with Crippen molar-refractivity contribution in [3.63, 3.8) is 0 Å². The maximum Gasteiger partial charge on any atom is 0.263 e. The van der Waals surface area contributed by atoms with Crippen molar-refractivity contribution in [3.05, 3.63) is 59.6 Å². The number of piperazine rings is 1. The maximum absolute atomic E-state index is 13.2. The fourth-order valence-electron chi connectivity index (χ4n) is 3.25. The Morgan fingerprint density at radius 3 is 2.55 bits per heavy atom. The van der Waals surface area contributed by atoms with Crippen LogP contribution in [0.15, 0.2) is 53.7 Å². The molecular formula is C20H21ClFN5O4S2. The number of carbonyl (C=O) groups excluding carboxylic acids is 1. The number of rotatable bonds is 7. The van der Waals surface area contributed by atoms with E-state index in [0.717, 1.165) is 17.2 Å². The van der Waals surface area contributed by atoms with E-state index in [1.807, 2.05) is 0 Å². The number of hydrogen-bond donors (Lipinski definition) is 1. The van der Waals surface area contributed by atoms with Crippen molar-refractivity contribution < 1.29 is 23.8 Å². The number of benzene rings is 2. The van der Waals surface area contributed by atoms with E-state index in [1.54, 1.807) is 17.0 Å².